The van der Waals surface area contributed by atoms with Gasteiger partial charge >= 0.3 is 6.03 Å². The minimum Gasteiger partial charge on any atom is -0.329 e. The van der Waals surface area contributed by atoms with E-state index in [0.29, 0.717) is 6.54 Å². The fourth-order valence-corrected chi connectivity index (χ4v) is 2.50. The molecule has 2 rings (SSSR count). The Kier molecular flexibility index (Phi) is 6.22. The van der Waals surface area contributed by atoms with Gasteiger partial charge in [0.05, 0.1) is 0 Å². The van der Waals surface area contributed by atoms with Crippen molar-refractivity contribution in [3.63, 3.8) is 0 Å². The van der Waals surface area contributed by atoms with Crippen LogP contribution in [0, 0.1) is 0 Å². The van der Waals surface area contributed by atoms with E-state index in [0.717, 1.165) is 42.8 Å². The van der Waals surface area contributed by atoms with E-state index < -0.39 is 0 Å². The molecule has 1 saturated heterocycles. The number of hydrogen-bond donors (Lipinski definition) is 2. The second kappa shape index (κ2) is 8.17. The van der Waals surface area contributed by atoms with Crippen molar-refractivity contribution < 1.29 is 4.79 Å². The first-order valence-corrected chi connectivity index (χ1v) is 7.88. The van der Waals surface area contributed by atoms with Crippen LogP contribution >= 0.6 is 15.9 Å². The molecule has 1 aliphatic heterocycles. The van der Waals surface area contributed by atoms with Gasteiger partial charge in [0.1, 0.15) is 0 Å². The number of nitrogens with one attached hydrogen (secondary N) is 1. The van der Waals surface area contributed by atoms with Gasteiger partial charge in [-0.05, 0) is 23.8 Å². The summed E-state index contributed by atoms with van der Waals surface area (Å²) < 4.78 is 1.04. The van der Waals surface area contributed by atoms with Crippen LogP contribution in [-0.4, -0.2) is 55.1 Å². The monoisotopic (exact) mass is 352 g/mol. The number of nitrogens with two attached hydrogens (primary N) is 1. The summed E-state index contributed by atoms with van der Waals surface area (Å²) in [5.74, 6) is 0. The van der Waals surface area contributed by atoms with Gasteiger partial charge in [-0.15, -0.1) is 0 Å². The molecule has 1 heterocycles. The summed E-state index contributed by atoms with van der Waals surface area (Å²) in [5, 5.41) is 2.81. The first-order valence-electron chi connectivity index (χ1n) is 7.09. The van der Waals surface area contributed by atoms with Gasteiger partial charge in [-0.1, -0.05) is 28.1 Å². The van der Waals surface area contributed by atoms with Crippen LogP contribution in [0.25, 0.3) is 6.08 Å². The molecule has 1 aromatic carbocycles. The second-order valence-corrected chi connectivity index (χ2v) is 5.87. The molecule has 0 spiro atoms. The predicted molar refractivity (Wildman–Crippen MR) is 88.8 cm³/mol. The van der Waals surface area contributed by atoms with Crippen molar-refractivity contribution in [1.82, 2.24) is 15.1 Å². The van der Waals surface area contributed by atoms with Crippen LogP contribution in [0.1, 0.15) is 5.56 Å². The van der Waals surface area contributed by atoms with Crippen molar-refractivity contribution in [2.45, 2.75) is 0 Å². The lowest BCUT2D eigenvalue weighted by Gasteiger charge is -2.34. The van der Waals surface area contributed by atoms with Crippen molar-refractivity contribution >= 4 is 28.0 Å². The normalized spacial score (nSPS) is 16.4. The first kappa shape index (κ1) is 16.0. The maximum absolute atomic E-state index is 12.0. The quantitative estimate of drug-likeness (QED) is 0.866. The molecule has 0 saturated carbocycles. The number of halogens is 1. The van der Waals surface area contributed by atoms with Gasteiger partial charge in [0.25, 0.3) is 0 Å². The van der Waals surface area contributed by atoms with Gasteiger partial charge in [0, 0.05) is 49.9 Å². The highest BCUT2D eigenvalue weighted by atomic mass is 79.9. The van der Waals surface area contributed by atoms with E-state index in [1.165, 1.54) is 0 Å². The zero-order chi connectivity index (χ0) is 15.1. The van der Waals surface area contributed by atoms with Gasteiger partial charge in [-0.2, -0.15) is 0 Å². The molecule has 114 valence electrons. The molecular weight excluding hydrogens is 332 g/mol. The van der Waals surface area contributed by atoms with Gasteiger partial charge in [0.2, 0.25) is 0 Å². The average molecular weight is 353 g/mol. The fourth-order valence-electron chi connectivity index (χ4n) is 2.23. The third kappa shape index (κ3) is 5.15. The largest absolute Gasteiger partial charge is 0.329 e. The maximum atomic E-state index is 12.0. The number of urea groups is 1. The number of carbonyl (C=O) groups is 1. The Bertz CT molecular complexity index is 481. The number of carbonyl (C=O) groups excluding carboxylic acids is 1. The lowest BCUT2D eigenvalue weighted by Crippen LogP contribution is -2.51. The van der Waals surface area contributed by atoms with Crippen LogP contribution in [0.2, 0.25) is 0 Å². The molecule has 3 N–H and O–H groups in total. The van der Waals surface area contributed by atoms with Crippen LogP contribution in [-0.2, 0) is 0 Å². The Morgan fingerprint density at radius 3 is 2.52 bits per heavy atom. The molecule has 0 aromatic heterocycles. The Morgan fingerprint density at radius 2 is 1.90 bits per heavy atom. The lowest BCUT2D eigenvalue weighted by atomic mass is 10.2. The molecule has 0 unspecified atom stereocenters. The van der Waals surface area contributed by atoms with Gasteiger partial charge in [-0.3, -0.25) is 4.90 Å². The van der Waals surface area contributed by atoms with E-state index in [2.05, 4.69) is 26.1 Å². The van der Waals surface area contributed by atoms with Crippen molar-refractivity contribution in [3.05, 3.63) is 40.5 Å². The number of nitrogens with zero attached hydrogens (tertiary/aromatic N) is 2. The van der Waals surface area contributed by atoms with E-state index in [1.54, 1.807) is 6.20 Å². The second-order valence-electron chi connectivity index (χ2n) is 4.95. The Labute approximate surface area is 133 Å². The Balaban J connectivity index is 1.76. The van der Waals surface area contributed by atoms with E-state index in [4.69, 9.17) is 5.73 Å². The molecule has 0 bridgehead atoms. The van der Waals surface area contributed by atoms with Gasteiger partial charge < -0.3 is 16.0 Å². The predicted octanol–water partition coefficient (Wildman–Crippen LogP) is 1.71. The molecule has 6 heteroatoms. The zero-order valence-electron chi connectivity index (χ0n) is 12.0. The number of hydrogen-bond acceptors (Lipinski definition) is 3. The molecule has 0 atom stereocenters. The summed E-state index contributed by atoms with van der Waals surface area (Å²) >= 11 is 3.39. The molecule has 1 aliphatic rings. The molecule has 1 fully saturated rings. The first-order chi connectivity index (χ1) is 10.2. The van der Waals surface area contributed by atoms with Crippen LogP contribution in [0.4, 0.5) is 4.79 Å². The van der Waals surface area contributed by atoms with Gasteiger partial charge in [-0.25, -0.2) is 4.79 Å². The summed E-state index contributed by atoms with van der Waals surface area (Å²) in [4.78, 5) is 16.1. The number of amides is 2. The molecule has 5 nitrogen and oxygen atoms in total. The minimum atomic E-state index is -0.0456. The van der Waals surface area contributed by atoms with Crippen LogP contribution in [0.5, 0.6) is 0 Å². The number of piperazine rings is 1. The van der Waals surface area contributed by atoms with Crippen LogP contribution < -0.4 is 11.1 Å². The molecule has 0 aliphatic carbocycles. The number of benzene rings is 1. The summed E-state index contributed by atoms with van der Waals surface area (Å²) in [5.41, 5.74) is 6.58. The Morgan fingerprint density at radius 1 is 1.24 bits per heavy atom. The molecule has 2 amide bonds. The highest BCUT2D eigenvalue weighted by Crippen LogP contribution is 2.11. The van der Waals surface area contributed by atoms with Crippen molar-refractivity contribution in [1.29, 1.82) is 0 Å². The van der Waals surface area contributed by atoms with E-state index in [9.17, 15) is 4.79 Å². The SMILES string of the molecule is NCCN1CCN(C(=O)N/C=C/c2ccc(Br)cc2)CC1. The molecule has 0 radical (unpaired) electrons. The number of rotatable bonds is 4. The molecule has 1 aromatic rings. The molecular formula is C15H21BrN4O. The van der Waals surface area contributed by atoms with E-state index >= 15 is 0 Å². The third-order valence-corrected chi connectivity index (χ3v) is 3.99. The highest BCUT2D eigenvalue weighted by Gasteiger charge is 2.19. The third-order valence-electron chi connectivity index (χ3n) is 3.46. The highest BCUT2D eigenvalue weighted by molar-refractivity contribution is 9.10. The standard InChI is InChI=1S/C15H21BrN4O/c16-14-3-1-13(2-4-14)5-7-18-15(21)20-11-9-19(8-6-17)10-12-20/h1-5,7H,6,8-12,17H2,(H,18,21)/b7-5+. The summed E-state index contributed by atoms with van der Waals surface area (Å²) in [6, 6.07) is 7.86. The average Bonchev–Trinajstić information content (AvgIpc) is 2.50. The molecule has 21 heavy (non-hydrogen) atoms. The fraction of sp³-hybridized carbons (Fsp3) is 0.400. The van der Waals surface area contributed by atoms with Crippen molar-refractivity contribution in [2.75, 3.05) is 39.3 Å². The van der Waals surface area contributed by atoms with E-state index in [-0.39, 0.29) is 6.03 Å². The van der Waals surface area contributed by atoms with Crippen molar-refractivity contribution in [2.24, 2.45) is 5.73 Å². The summed E-state index contributed by atoms with van der Waals surface area (Å²) in [6.07, 6.45) is 3.58. The smallest absolute Gasteiger partial charge is 0.321 e. The lowest BCUT2D eigenvalue weighted by molar-refractivity contribution is 0.143. The van der Waals surface area contributed by atoms with E-state index in [1.807, 2.05) is 35.2 Å². The zero-order valence-corrected chi connectivity index (χ0v) is 13.6. The summed E-state index contributed by atoms with van der Waals surface area (Å²) in [6.45, 7) is 4.85. The summed E-state index contributed by atoms with van der Waals surface area (Å²) in [7, 11) is 0. The van der Waals surface area contributed by atoms with Crippen molar-refractivity contribution in [3.8, 4) is 0 Å². The van der Waals surface area contributed by atoms with Crippen LogP contribution in [0.3, 0.4) is 0 Å². The Hall–Kier alpha value is -1.37. The van der Waals surface area contributed by atoms with Gasteiger partial charge in [0.15, 0.2) is 0 Å². The topological polar surface area (TPSA) is 61.6 Å². The van der Waals surface area contributed by atoms with Crippen LogP contribution in [0.15, 0.2) is 34.9 Å². The maximum Gasteiger partial charge on any atom is 0.321 e. The minimum absolute atomic E-state index is 0.0456.